The highest BCUT2D eigenvalue weighted by Gasteiger charge is 2.42. The minimum atomic E-state index is -0.618. The molecular formula is C18H25NO3. The van der Waals surface area contributed by atoms with Gasteiger partial charge in [0.15, 0.2) is 0 Å². The van der Waals surface area contributed by atoms with Crippen LogP contribution in [0.3, 0.4) is 0 Å². The highest BCUT2D eigenvalue weighted by Crippen LogP contribution is 2.40. The zero-order chi connectivity index (χ0) is 15.9. The van der Waals surface area contributed by atoms with Crippen LogP contribution in [0.25, 0.3) is 0 Å². The molecule has 1 aromatic carbocycles. The van der Waals surface area contributed by atoms with Crippen LogP contribution in [0.4, 0.5) is 0 Å². The molecule has 22 heavy (non-hydrogen) atoms. The average Bonchev–Trinajstić information content (AvgIpc) is 2.73. The third-order valence-electron chi connectivity index (χ3n) is 5.66. The van der Waals surface area contributed by atoms with Gasteiger partial charge >= 0.3 is 5.97 Å². The van der Waals surface area contributed by atoms with Gasteiger partial charge in [0.1, 0.15) is 5.75 Å². The summed E-state index contributed by atoms with van der Waals surface area (Å²) in [4.78, 5) is 13.8. The maximum Gasteiger partial charge on any atom is 0.306 e. The number of ether oxygens (including phenoxy) is 1. The summed E-state index contributed by atoms with van der Waals surface area (Å²) in [5.74, 6) is 0.175. The second kappa shape index (κ2) is 5.92. The summed E-state index contributed by atoms with van der Waals surface area (Å²) < 4.78 is 5.39. The zero-order valence-electron chi connectivity index (χ0n) is 13.6. The van der Waals surface area contributed by atoms with Gasteiger partial charge in [0, 0.05) is 18.6 Å². The highest BCUT2D eigenvalue weighted by molar-refractivity contribution is 5.70. The number of fused-ring (bicyclic) bond motifs is 2. The zero-order valence-corrected chi connectivity index (χ0v) is 13.6. The van der Waals surface area contributed by atoms with E-state index in [0.717, 1.165) is 38.0 Å². The van der Waals surface area contributed by atoms with Crippen molar-refractivity contribution in [2.75, 3.05) is 7.11 Å². The van der Waals surface area contributed by atoms with Gasteiger partial charge in [0.05, 0.1) is 13.0 Å². The molecule has 2 bridgehead atoms. The number of carboxylic acids is 1. The molecule has 0 radical (unpaired) electrons. The molecular weight excluding hydrogens is 278 g/mol. The van der Waals surface area contributed by atoms with Crippen molar-refractivity contribution in [1.29, 1.82) is 0 Å². The lowest BCUT2D eigenvalue weighted by Gasteiger charge is -2.38. The second-order valence-electron chi connectivity index (χ2n) is 6.74. The van der Waals surface area contributed by atoms with Gasteiger partial charge in [-0.2, -0.15) is 0 Å². The van der Waals surface area contributed by atoms with Crippen LogP contribution in [0.15, 0.2) is 12.1 Å². The number of benzene rings is 1. The summed E-state index contributed by atoms with van der Waals surface area (Å²) in [7, 11) is 1.71. The van der Waals surface area contributed by atoms with Gasteiger partial charge in [0.25, 0.3) is 0 Å². The first-order valence-electron chi connectivity index (χ1n) is 8.13. The van der Waals surface area contributed by atoms with E-state index < -0.39 is 5.97 Å². The Kier molecular flexibility index (Phi) is 4.13. The van der Waals surface area contributed by atoms with Crippen LogP contribution >= 0.6 is 0 Å². The number of carboxylic acid groups (broad SMARTS) is 1. The van der Waals surface area contributed by atoms with Gasteiger partial charge in [0.2, 0.25) is 0 Å². The fourth-order valence-corrected chi connectivity index (χ4v) is 4.17. The van der Waals surface area contributed by atoms with E-state index in [9.17, 15) is 9.90 Å². The molecule has 2 fully saturated rings. The fourth-order valence-electron chi connectivity index (χ4n) is 4.17. The SMILES string of the molecule is COc1ccc(CN2C3CCC2CC(C(=O)O)C3)c(C)c1C. The van der Waals surface area contributed by atoms with Crippen LogP contribution in [0.5, 0.6) is 5.75 Å². The molecule has 0 saturated carbocycles. The summed E-state index contributed by atoms with van der Waals surface area (Å²) in [5.41, 5.74) is 3.83. The number of hydrogen-bond acceptors (Lipinski definition) is 3. The van der Waals surface area contributed by atoms with Crippen LogP contribution in [-0.2, 0) is 11.3 Å². The Labute approximate surface area is 132 Å². The minimum absolute atomic E-state index is 0.146. The minimum Gasteiger partial charge on any atom is -0.496 e. The van der Waals surface area contributed by atoms with Crippen molar-refractivity contribution in [3.05, 3.63) is 28.8 Å². The van der Waals surface area contributed by atoms with E-state index in [1.165, 1.54) is 16.7 Å². The van der Waals surface area contributed by atoms with Crippen LogP contribution < -0.4 is 4.74 Å². The molecule has 0 aliphatic carbocycles. The molecule has 2 unspecified atom stereocenters. The maximum atomic E-state index is 11.3. The van der Waals surface area contributed by atoms with Crippen molar-refractivity contribution in [1.82, 2.24) is 4.90 Å². The molecule has 1 aromatic rings. The fraction of sp³-hybridized carbons (Fsp3) is 0.611. The first-order chi connectivity index (χ1) is 10.5. The van der Waals surface area contributed by atoms with Crippen molar-refractivity contribution in [3.8, 4) is 5.75 Å². The molecule has 3 rings (SSSR count). The van der Waals surface area contributed by atoms with E-state index in [0.29, 0.717) is 12.1 Å². The summed E-state index contributed by atoms with van der Waals surface area (Å²) in [5, 5.41) is 9.28. The van der Waals surface area contributed by atoms with Crippen LogP contribution in [0.2, 0.25) is 0 Å². The van der Waals surface area contributed by atoms with Crippen molar-refractivity contribution in [2.24, 2.45) is 5.92 Å². The Hall–Kier alpha value is -1.55. The van der Waals surface area contributed by atoms with Crippen molar-refractivity contribution in [3.63, 3.8) is 0 Å². The largest absolute Gasteiger partial charge is 0.496 e. The van der Waals surface area contributed by atoms with Crippen LogP contribution in [0, 0.1) is 19.8 Å². The number of nitrogens with zero attached hydrogens (tertiary/aromatic N) is 1. The van der Waals surface area contributed by atoms with E-state index in [2.05, 4.69) is 24.8 Å². The van der Waals surface area contributed by atoms with Crippen LogP contribution in [0.1, 0.15) is 42.4 Å². The summed E-state index contributed by atoms with van der Waals surface area (Å²) >= 11 is 0. The Bertz CT molecular complexity index is 570. The van der Waals surface area contributed by atoms with Crippen molar-refractivity contribution >= 4 is 5.97 Å². The monoisotopic (exact) mass is 303 g/mol. The van der Waals surface area contributed by atoms with Gasteiger partial charge in [-0.3, -0.25) is 9.69 Å². The molecule has 2 aliphatic heterocycles. The quantitative estimate of drug-likeness (QED) is 0.928. The van der Waals surface area contributed by atoms with Gasteiger partial charge in [-0.15, -0.1) is 0 Å². The molecule has 4 nitrogen and oxygen atoms in total. The summed E-state index contributed by atoms with van der Waals surface area (Å²) in [6, 6.07) is 5.07. The van der Waals surface area contributed by atoms with Gasteiger partial charge < -0.3 is 9.84 Å². The van der Waals surface area contributed by atoms with Crippen molar-refractivity contribution in [2.45, 2.75) is 58.2 Å². The Balaban J connectivity index is 1.78. The predicted octanol–water partition coefficient (Wildman–Crippen LogP) is 3.14. The summed E-state index contributed by atoms with van der Waals surface area (Å²) in [6.07, 6.45) is 3.89. The molecule has 2 aliphatic rings. The Morgan fingerprint density at radius 2 is 1.86 bits per heavy atom. The van der Waals surface area contributed by atoms with E-state index >= 15 is 0 Å². The smallest absolute Gasteiger partial charge is 0.306 e. The second-order valence-corrected chi connectivity index (χ2v) is 6.74. The van der Waals surface area contributed by atoms with E-state index in [1.54, 1.807) is 7.11 Å². The van der Waals surface area contributed by atoms with Gasteiger partial charge in [-0.25, -0.2) is 0 Å². The lowest BCUT2D eigenvalue weighted by atomic mass is 9.90. The standard InChI is InChI=1S/C18H25NO3/c1-11-12(2)17(22-3)7-4-13(11)10-19-15-5-6-16(19)9-14(8-15)18(20)21/h4,7,14-16H,5-6,8-10H2,1-3H3,(H,20,21). The van der Waals surface area contributed by atoms with E-state index in [-0.39, 0.29) is 5.92 Å². The lowest BCUT2D eigenvalue weighted by molar-refractivity contribution is -0.144. The normalized spacial score (nSPS) is 27.9. The first kappa shape index (κ1) is 15.3. The molecule has 2 saturated heterocycles. The van der Waals surface area contributed by atoms with Gasteiger partial charge in [-0.05, 0) is 62.3 Å². The average molecular weight is 303 g/mol. The third-order valence-corrected chi connectivity index (χ3v) is 5.66. The molecule has 0 spiro atoms. The van der Waals surface area contributed by atoms with E-state index in [1.807, 2.05) is 6.07 Å². The first-order valence-corrected chi connectivity index (χ1v) is 8.13. The molecule has 0 aromatic heterocycles. The summed E-state index contributed by atoms with van der Waals surface area (Å²) in [6.45, 7) is 5.18. The molecule has 2 heterocycles. The molecule has 2 atom stereocenters. The lowest BCUT2D eigenvalue weighted by Crippen LogP contribution is -2.44. The number of aliphatic carboxylic acids is 1. The van der Waals surface area contributed by atoms with E-state index in [4.69, 9.17) is 4.74 Å². The van der Waals surface area contributed by atoms with Crippen molar-refractivity contribution < 1.29 is 14.6 Å². The molecule has 4 heteroatoms. The molecule has 120 valence electrons. The number of hydrogen-bond donors (Lipinski definition) is 1. The highest BCUT2D eigenvalue weighted by atomic mass is 16.5. The Morgan fingerprint density at radius 1 is 1.23 bits per heavy atom. The van der Waals surface area contributed by atoms with Crippen LogP contribution in [-0.4, -0.2) is 35.2 Å². The Morgan fingerprint density at radius 3 is 2.41 bits per heavy atom. The number of methoxy groups -OCH3 is 1. The molecule has 1 N–H and O–H groups in total. The van der Waals surface area contributed by atoms with Gasteiger partial charge in [-0.1, -0.05) is 6.07 Å². The molecule has 0 amide bonds. The number of carbonyl (C=O) groups is 1. The number of rotatable bonds is 4. The predicted molar refractivity (Wildman–Crippen MR) is 85.2 cm³/mol. The third kappa shape index (κ3) is 2.60. The topological polar surface area (TPSA) is 49.8 Å². The maximum absolute atomic E-state index is 11.3. The number of piperidine rings is 1.